The van der Waals surface area contributed by atoms with Gasteiger partial charge in [-0.3, -0.25) is 4.18 Å². The second-order valence-electron chi connectivity index (χ2n) is 9.07. The fraction of sp³-hybridized carbons (Fsp3) is 0.720. The lowest BCUT2D eigenvalue weighted by Crippen LogP contribution is -2.30. The van der Waals surface area contributed by atoms with Gasteiger partial charge in [0.15, 0.2) is 0 Å². The molecule has 0 aliphatic carbocycles. The molecule has 6 nitrogen and oxygen atoms in total. The van der Waals surface area contributed by atoms with Crippen LogP contribution >= 0.6 is 0 Å². The number of amidine groups is 1. The lowest BCUT2D eigenvalue weighted by molar-refractivity contribution is -0.213. The Morgan fingerprint density at radius 3 is 1.84 bits per heavy atom. The van der Waals surface area contributed by atoms with E-state index in [0.29, 0.717) is 12.1 Å². The molecule has 184 valence electrons. The zero-order valence-electron chi connectivity index (χ0n) is 20.7. The predicted octanol–water partition coefficient (Wildman–Crippen LogP) is 6.24. The molecule has 0 radical (unpaired) electrons. The summed E-state index contributed by atoms with van der Waals surface area (Å²) in [6, 6.07) is 4.89. The van der Waals surface area contributed by atoms with Crippen molar-refractivity contribution in [2.45, 2.75) is 111 Å². The molecule has 32 heavy (non-hydrogen) atoms. The van der Waals surface area contributed by atoms with Crippen molar-refractivity contribution in [3.63, 3.8) is 0 Å². The first-order chi connectivity index (χ1) is 15.2. The van der Waals surface area contributed by atoms with E-state index in [1.807, 2.05) is 45.9 Å². The molecule has 1 N–H and O–H groups in total. The molecule has 1 aromatic carbocycles. The molecule has 1 aromatic rings. The lowest BCUT2D eigenvalue weighted by Gasteiger charge is -2.23. The predicted molar refractivity (Wildman–Crippen MR) is 132 cm³/mol. The highest BCUT2D eigenvalue weighted by atomic mass is 32.2. The summed E-state index contributed by atoms with van der Waals surface area (Å²) >= 11 is 0. The van der Waals surface area contributed by atoms with E-state index in [4.69, 9.17) is 4.18 Å². The van der Waals surface area contributed by atoms with Crippen molar-refractivity contribution in [2.75, 3.05) is 11.9 Å². The SMILES string of the molecule is CCCCCCCCCCCCOS(=O)(=O)/N=C(\[O-])Nc1c(C(C)C)cccc1C(C)C. The standard InChI is InChI=1S/C25H44N2O4S/c1-6-7-8-9-10-11-12-13-14-15-19-31-32(29,30)27-25(28)26-24-22(20(2)3)17-16-18-23(24)21(4)5/h16-18,20-21H,6-15,19H2,1-5H3,(H2,26,27,28)/p-1. The third kappa shape index (κ3) is 11.3. The van der Waals surface area contributed by atoms with Gasteiger partial charge in [0.05, 0.1) is 12.6 Å². The van der Waals surface area contributed by atoms with Crippen LogP contribution in [0.25, 0.3) is 0 Å². The Morgan fingerprint density at radius 2 is 1.38 bits per heavy atom. The summed E-state index contributed by atoms with van der Waals surface area (Å²) in [4.78, 5) is 0. The van der Waals surface area contributed by atoms with Gasteiger partial charge in [0.2, 0.25) is 0 Å². The van der Waals surface area contributed by atoms with Gasteiger partial charge in [-0.05, 0) is 29.4 Å². The van der Waals surface area contributed by atoms with Crippen LogP contribution in [0.2, 0.25) is 0 Å². The maximum atomic E-state index is 12.3. The number of benzene rings is 1. The van der Waals surface area contributed by atoms with Crippen LogP contribution in [-0.4, -0.2) is 21.0 Å². The Morgan fingerprint density at radius 1 is 0.906 bits per heavy atom. The summed E-state index contributed by atoms with van der Waals surface area (Å²) in [5.74, 6) is 0.349. The van der Waals surface area contributed by atoms with Crippen LogP contribution in [0, 0.1) is 0 Å². The summed E-state index contributed by atoms with van der Waals surface area (Å²) in [6.07, 6.45) is 11.5. The Bertz CT molecular complexity index is 763. The van der Waals surface area contributed by atoms with Gasteiger partial charge in [-0.2, -0.15) is 8.42 Å². The first-order valence-corrected chi connectivity index (χ1v) is 13.6. The van der Waals surface area contributed by atoms with Crippen molar-refractivity contribution in [1.82, 2.24) is 0 Å². The Hall–Kier alpha value is -1.60. The van der Waals surface area contributed by atoms with Crippen LogP contribution < -0.4 is 10.4 Å². The van der Waals surface area contributed by atoms with E-state index >= 15 is 0 Å². The van der Waals surface area contributed by atoms with Crippen molar-refractivity contribution in [1.29, 1.82) is 0 Å². The molecule has 1 rings (SSSR count). The van der Waals surface area contributed by atoms with Crippen LogP contribution in [0.5, 0.6) is 0 Å². The zero-order chi connectivity index (χ0) is 24.0. The summed E-state index contributed by atoms with van der Waals surface area (Å²) in [5, 5.41) is 15.0. The summed E-state index contributed by atoms with van der Waals surface area (Å²) in [7, 11) is -4.26. The summed E-state index contributed by atoms with van der Waals surface area (Å²) in [5.41, 5.74) is 2.53. The normalized spacial score (nSPS) is 12.7. The van der Waals surface area contributed by atoms with Crippen LogP contribution in [0.4, 0.5) is 5.69 Å². The molecule has 0 fully saturated rings. The molecule has 0 heterocycles. The average Bonchev–Trinajstić information content (AvgIpc) is 2.71. The van der Waals surface area contributed by atoms with Gasteiger partial charge in [0.25, 0.3) is 0 Å². The molecule has 0 aliphatic heterocycles. The van der Waals surface area contributed by atoms with Gasteiger partial charge < -0.3 is 10.4 Å². The van der Waals surface area contributed by atoms with Gasteiger partial charge in [-0.25, -0.2) is 0 Å². The minimum absolute atomic E-state index is 0.0510. The second-order valence-corrected chi connectivity index (χ2v) is 10.3. The van der Waals surface area contributed by atoms with Gasteiger partial charge in [-0.15, -0.1) is 4.40 Å². The molecule has 0 atom stereocenters. The van der Waals surface area contributed by atoms with Crippen LogP contribution in [-0.2, 0) is 14.5 Å². The maximum Gasteiger partial charge on any atom is 0.381 e. The summed E-state index contributed by atoms with van der Waals surface area (Å²) in [6.45, 7) is 10.4. The number of rotatable bonds is 16. The third-order valence-corrected chi connectivity index (χ3v) is 6.38. The Kier molecular flexibility index (Phi) is 13.6. The third-order valence-electron chi connectivity index (χ3n) is 5.53. The highest BCUT2D eigenvalue weighted by molar-refractivity contribution is 7.85. The number of para-hydroxylation sites is 1. The van der Waals surface area contributed by atoms with E-state index < -0.39 is 16.3 Å². The van der Waals surface area contributed by atoms with Crippen LogP contribution in [0.1, 0.15) is 122 Å². The molecule has 0 spiro atoms. The van der Waals surface area contributed by atoms with Crippen molar-refractivity contribution in [3.8, 4) is 0 Å². The fourth-order valence-corrected chi connectivity index (χ4v) is 4.34. The second kappa shape index (κ2) is 15.3. The number of hydrogen-bond acceptors (Lipinski definition) is 4. The number of anilines is 1. The number of nitrogens with one attached hydrogen (secondary N) is 1. The molecule has 0 amide bonds. The van der Waals surface area contributed by atoms with E-state index in [2.05, 4.69) is 16.6 Å². The van der Waals surface area contributed by atoms with E-state index in [1.165, 1.54) is 44.9 Å². The molecular formula is C25H43N2O4S-. The van der Waals surface area contributed by atoms with Crippen LogP contribution in [0.15, 0.2) is 22.6 Å². The first kappa shape index (κ1) is 28.4. The molecule has 0 aliphatic rings. The van der Waals surface area contributed by atoms with Gasteiger partial charge in [0, 0.05) is 5.69 Å². The highest BCUT2D eigenvalue weighted by Crippen LogP contribution is 2.32. The minimum Gasteiger partial charge on any atom is -0.845 e. The van der Waals surface area contributed by atoms with Crippen LogP contribution in [0.3, 0.4) is 0 Å². The smallest absolute Gasteiger partial charge is 0.381 e. The zero-order valence-corrected chi connectivity index (χ0v) is 21.5. The first-order valence-electron chi connectivity index (χ1n) is 12.2. The molecule has 0 aromatic heterocycles. The maximum absolute atomic E-state index is 12.3. The van der Waals surface area contributed by atoms with Gasteiger partial charge >= 0.3 is 10.3 Å². The summed E-state index contributed by atoms with van der Waals surface area (Å²) < 4.78 is 32.4. The minimum atomic E-state index is -4.26. The Balaban J connectivity index is 2.48. The van der Waals surface area contributed by atoms with Crippen molar-refractivity contribution < 1.29 is 17.7 Å². The quantitative estimate of drug-likeness (QED) is 0.176. The fourth-order valence-electron chi connectivity index (χ4n) is 3.71. The van der Waals surface area contributed by atoms with Crippen molar-refractivity contribution >= 4 is 22.0 Å². The number of nitrogens with zero attached hydrogens (tertiary/aromatic N) is 1. The van der Waals surface area contributed by atoms with E-state index in [9.17, 15) is 13.5 Å². The van der Waals surface area contributed by atoms with E-state index in [1.54, 1.807) is 0 Å². The largest absolute Gasteiger partial charge is 0.845 e. The lowest BCUT2D eigenvalue weighted by atomic mass is 9.93. The topological polar surface area (TPSA) is 90.8 Å². The molecule has 0 bridgehead atoms. The van der Waals surface area contributed by atoms with Crippen molar-refractivity contribution in [3.05, 3.63) is 29.3 Å². The van der Waals surface area contributed by atoms with E-state index in [-0.39, 0.29) is 18.4 Å². The number of hydrogen-bond donors (Lipinski definition) is 1. The molecule has 0 saturated carbocycles. The Labute approximate surface area is 196 Å². The average molecular weight is 468 g/mol. The van der Waals surface area contributed by atoms with E-state index in [0.717, 1.165) is 24.0 Å². The highest BCUT2D eigenvalue weighted by Gasteiger charge is 2.14. The monoisotopic (exact) mass is 467 g/mol. The van der Waals surface area contributed by atoms with Crippen molar-refractivity contribution in [2.24, 2.45) is 4.40 Å². The molecule has 0 unspecified atom stereocenters. The molecule has 7 heteroatoms. The molecular weight excluding hydrogens is 424 g/mol. The number of unbranched alkanes of at least 4 members (excludes halogenated alkanes) is 9. The van der Waals surface area contributed by atoms with Gasteiger partial charge in [0.1, 0.15) is 0 Å². The molecule has 0 saturated heterocycles. The van der Waals surface area contributed by atoms with Gasteiger partial charge in [-0.1, -0.05) is 111 Å².